The molecular weight excluding hydrogens is 324 g/mol. The molecule has 0 saturated carbocycles. The molecule has 0 amide bonds. The van der Waals surface area contributed by atoms with Gasteiger partial charge >= 0.3 is 5.97 Å². The first-order chi connectivity index (χ1) is 11.5. The van der Waals surface area contributed by atoms with Crippen molar-refractivity contribution in [3.05, 3.63) is 52.0 Å². The van der Waals surface area contributed by atoms with Crippen molar-refractivity contribution in [2.24, 2.45) is 0 Å². The Labute approximate surface area is 147 Å². The van der Waals surface area contributed by atoms with Crippen LogP contribution in [-0.4, -0.2) is 23.8 Å². The first-order valence-electron chi connectivity index (χ1n) is 7.94. The van der Waals surface area contributed by atoms with Crippen molar-refractivity contribution in [3.8, 4) is 0 Å². The van der Waals surface area contributed by atoms with E-state index in [9.17, 15) is 9.59 Å². The number of aromatic nitrogens is 1. The first kappa shape index (κ1) is 18.3. The van der Waals surface area contributed by atoms with Crippen LogP contribution < -0.4 is 4.72 Å². The summed E-state index contributed by atoms with van der Waals surface area (Å²) < 4.78 is 7.58. The highest BCUT2D eigenvalue weighted by atomic mass is 32.1. The van der Waals surface area contributed by atoms with E-state index in [0.29, 0.717) is 16.8 Å². The third-order valence-electron chi connectivity index (χ3n) is 4.19. The summed E-state index contributed by atoms with van der Waals surface area (Å²) in [4.78, 5) is 29.0. The van der Waals surface area contributed by atoms with Gasteiger partial charge in [-0.3, -0.25) is 9.78 Å². The fourth-order valence-corrected chi connectivity index (χ4v) is 2.97. The molecular formula is C18H22N2O3S. The van der Waals surface area contributed by atoms with Crippen molar-refractivity contribution in [2.75, 3.05) is 7.11 Å². The predicted molar refractivity (Wildman–Crippen MR) is 96.0 cm³/mol. The second-order valence-corrected chi connectivity index (χ2v) is 5.91. The molecule has 0 radical (unpaired) electrons. The Kier molecular flexibility index (Phi) is 6.20. The minimum absolute atomic E-state index is 0.120. The van der Waals surface area contributed by atoms with Gasteiger partial charge in [-0.2, -0.15) is 0 Å². The van der Waals surface area contributed by atoms with Crippen molar-refractivity contribution < 1.29 is 14.3 Å². The number of pyridine rings is 1. The summed E-state index contributed by atoms with van der Waals surface area (Å²) in [7, 11) is 1.31. The second kappa shape index (κ2) is 8.15. The van der Waals surface area contributed by atoms with E-state index < -0.39 is 5.97 Å². The summed E-state index contributed by atoms with van der Waals surface area (Å²) in [5, 5.41) is 0. The summed E-state index contributed by atoms with van der Waals surface area (Å²) in [5.74, 6) is -0.624. The van der Waals surface area contributed by atoms with Crippen LogP contribution >= 0.6 is 12.8 Å². The molecule has 1 aromatic rings. The maximum atomic E-state index is 13.1. The number of thiol groups is 1. The molecule has 0 saturated heterocycles. The molecule has 0 unspecified atom stereocenters. The van der Waals surface area contributed by atoms with Gasteiger partial charge in [-0.25, -0.2) is 4.79 Å². The van der Waals surface area contributed by atoms with Crippen LogP contribution in [0.5, 0.6) is 0 Å². The smallest absolute Gasteiger partial charge is 0.339 e. The lowest BCUT2D eigenvalue weighted by Crippen LogP contribution is -2.12. The molecule has 24 heavy (non-hydrogen) atoms. The Morgan fingerprint density at radius 1 is 1.38 bits per heavy atom. The van der Waals surface area contributed by atoms with Crippen LogP contribution in [0.15, 0.2) is 35.2 Å². The van der Waals surface area contributed by atoms with E-state index in [4.69, 9.17) is 4.74 Å². The largest absolute Gasteiger partial charge is 0.465 e. The van der Waals surface area contributed by atoms with Crippen LogP contribution in [0.3, 0.4) is 0 Å². The number of hydrogen-bond acceptors (Lipinski definition) is 6. The number of nitrogens with one attached hydrogen (secondary N) is 1. The number of allylic oxidation sites excluding steroid dienone is 4. The maximum Gasteiger partial charge on any atom is 0.339 e. The lowest BCUT2D eigenvalue weighted by atomic mass is 9.94. The molecule has 0 fully saturated rings. The van der Waals surface area contributed by atoms with Crippen LogP contribution in [0.2, 0.25) is 0 Å². The zero-order valence-electron chi connectivity index (χ0n) is 14.2. The highest BCUT2D eigenvalue weighted by molar-refractivity contribution is 7.78. The Morgan fingerprint density at radius 2 is 2.12 bits per heavy atom. The molecule has 5 nitrogen and oxygen atoms in total. The van der Waals surface area contributed by atoms with Gasteiger partial charge in [-0.1, -0.05) is 25.3 Å². The molecule has 0 aliphatic heterocycles. The van der Waals surface area contributed by atoms with E-state index >= 15 is 0 Å². The molecule has 1 aromatic heterocycles. The number of esters is 1. The van der Waals surface area contributed by atoms with Gasteiger partial charge in [0.2, 0.25) is 0 Å². The third kappa shape index (κ3) is 3.87. The fraction of sp³-hybridized carbons (Fsp3) is 0.389. The Bertz CT molecular complexity index is 723. The van der Waals surface area contributed by atoms with E-state index in [-0.39, 0.29) is 11.3 Å². The maximum absolute atomic E-state index is 13.1. The summed E-state index contributed by atoms with van der Waals surface area (Å²) in [5.41, 5.74) is 3.99. The Hall–Kier alpha value is -2.08. The minimum Gasteiger partial charge on any atom is -0.465 e. The number of nitrogens with zero attached hydrogens (tertiary/aromatic N) is 1. The average Bonchev–Trinajstić information content (AvgIpc) is 2.82. The van der Waals surface area contributed by atoms with Gasteiger partial charge < -0.3 is 9.46 Å². The highest BCUT2D eigenvalue weighted by Crippen LogP contribution is 2.27. The van der Waals surface area contributed by atoms with Crippen LogP contribution in [0.4, 0.5) is 0 Å². The van der Waals surface area contributed by atoms with Gasteiger partial charge in [-0.05, 0) is 44.7 Å². The van der Waals surface area contributed by atoms with Crippen molar-refractivity contribution in [3.63, 3.8) is 0 Å². The quantitative estimate of drug-likeness (QED) is 0.485. The highest BCUT2D eigenvalue weighted by Gasteiger charge is 2.21. The minimum atomic E-state index is -0.504. The number of Topliss-reactive ketones (excluding diaryl/α,β-unsaturated/α-hetero) is 1. The summed E-state index contributed by atoms with van der Waals surface area (Å²) in [6, 6.07) is 1.56. The van der Waals surface area contributed by atoms with E-state index in [1.165, 1.54) is 13.3 Å². The second-order valence-electron chi connectivity index (χ2n) is 5.68. The van der Waals surface area contributed by atoms with Gasteiger partial charge in [0.15, 0.2) is 5.78 Å². The number of ether oxygens (including phenoxy) is 1. The Balaban J connectivity index is 2.52. The normalized spacial score (nSPS) is 14.8. The monoisotopic (exact) mass is 346 g/mol. The molecule has 0 aromatic carbocycles. The van der Waals surface area contributed by atoms with E-state index in [1.54, 1.807) is 13.0 Å². The van der Waals surface area contributed by atoms with Crippen LogP contribution in [0.25, 0.3) is 0 Å². The molecule has 0 spiro atoms. The van der Waals surface area contributed by atoms with Crippen LogP contribution in [0.1, 0.15) is 59.0 Å². The van der Waals surface area contributed by atoms with Gasteiger partial charge in [0.05, 0.1) is 12.7 Å². The number of methoxy groups -OCH3 is 1. The molecule has 1 N–H and O–H groups in total. The zero-order chi connectivity index (χ0) is 17.7. The molecule has 1 aliphatic carbocycles. The average molecular weight is 346 g/mol. The van der Waals surface area contributed by atoms with Gasteiger partial charge in [-0.15, -0.1) is 0 Å². The number of ketones is 1. The summed E-state index contributed by atoms with van der Waals surface area (Å²) in [6.45, 7) is 3.81. The first-order valence-corrected chi connectivity index (χ1v) is 8.38. The molecule has 1 heterocycles. The zero-order valence-corrected chi connectivity index (χ0v) is 15.1. The van der Waals surface area contributed by atoms with Gasteiger partial charge in [0.1, 0.15) is 0 Å². The fourth-order valence-electron chi connectivity index (χ4n) is 2.79. The van der Waals surface area contributed by atoms with E-state index in [2.05, 4.69) is 22.5 Å². The number of carbonyl (C=O) groups excluding carboxylic acids is 2. The molecule has 2 rings (SSSR count). The van der Waals surface area contributed by atoms with Crippen molar-refractivity contribution in [1.82, 2.24) is 9.71 Å². The summed E-state index contributed by atoms with van der Waals surface area (Å²) >= 11 is 4.12. The SMILES string of the molecule is CCC1=C(C(=O)c2cc(C(=O)OC)cnc2C)C=C(NS)CCC1. The molecule has 0 bridgehead atoms. The lowest BCUT2D eigenvalue weighted by Gasteiger charge is -2.11. The van der Waals surface area contributed by atoms with Crippen molar-refractivity contribution >= 4 is 24.6 Å². The molecule has 1 aliphatic rings. The molecule has 128 valence electrons. The third-order valence-corrected chi connectivity index (χ3v) is 4.48. The predicted octanol–water partition coefficient (Wildman–Crippen LogP) is 3.57. The van der Waals surface area contributed by atoms with Gasteiger partial charge in [0.25, 0.3) is 0 Å². The van der Waals surface area contributed by atoms with Crippen LogP contribution in [-0.2, 0) is 4.74 Å². The van der Waals surface area contributed by atoms with Crippen molar-refractivity contribution in [1.29, 1.82) is 0 Å². The van der Waals surface area contributed by atoms with E-state index in [0.717, 1.165) is 37.0 Å². The van der Waals surface area contributed by atoms with E-state index in [1.807, 2.05) is 13.0 Å². The number of carbonyl (C=O) groups is 2. The molecule has 6 heteroatoms. The number of hydrogen-bond donors (Lipinski definition) is 2. The lowest BCUT2D eigenvalue weighted by molar-refractivity contribution is 0.0600. The number of aryl methyl sites for hydroxylation is 1. The van der Waals surface area contributed by atoms with Crippen LogP contribution in [0, 0.1) is 6.92 Å². The standard InChI is InChI=1S/C18H22N2O3S/c1-4-12-6-5-7-14(20-24)9-16(12)17(21)15-8-13(18(22)23-3)10-19-11(15)2/h8-10,20,24H,4-7H2,1-3H3. The topological polar surface area (TPSA) is 68.3 Å². The Morgan fingerprint density at radius 3 is 2.75 bits per heavy atom. The van der Waals surface area contributed by atoms with Crippen molar-refractivity contribution in [2.45, 2.75) is 39.5 Å². The molecule has 0 atom stereocenters. The van der Waals surface area contributed by atoms with Gasteiger partial charge in [0, 0.05) is 28.7 Å². The number of rotatable bonds is 5. The summed E-state index contributed by atoms with van der Waals surface area (Å²) in [6.07, 6.45) is 6.79.